The van der Waals surface area contributed by atoms with E-state index in [0.717, 1.165) is 0 Å². The number of carbonyl (C=O) groups is 1. The van der Waals surface area contributed by atoms with Crippen LogP contribution >= 0.6 is 0 Å². The second-order valence-corrected chi connectivity index (χ2v) is 4.37. The van der Waals surface area contributed by atoms with Crippen molar-refractivity contribution in [2.75, 3.05) is 0 Å². The third-order valence-corrected chi connectivity index (χ3v) is 2.66. The molecule has 18 heavy (non-hydrogen) atoms. The van der Waals surface area contributed by atoms with Crippen molar-refractivity contribution in [1.29, 1.82) is 0 Å². The average molecular weight is 251 g/mol. The number of nitrogens with zero attached hydrogens (tertiary/aromatic N) is 1. The Morgan fingerprint density at radius 1 is 1.44 bits per heavy atom. The van der Waals surface area contributed by atoms with E-state index in [2.05, 4.69) is 5.32 Å². The first-order chi connectivity index (χ1) is 8.43. The fraction of sp³-hybridized carbons (Fsp3) is 0.417. The van der Waals surface area contributed by atoms with Crippen LogP contribution in [-0.4, -0.2) is 16.9 Å². The van der Waals surface area contributed by atoms with Crippen LogP contribution in [0, 0.1) is 16.0 Å². The lowest BCUT2D eigenvalue weighted by Crippen LogP contribution is -2.43. The highest BCUT2D eigenvalue weighted by Gasteiger charge is 2.18. The van der Waals surface area contributed by atoms with Crippen molar-refractivity contribution in [3.05, 3.63) is 39.9 Å². The summed E-state index contributed by atoms with van der Waals surface area (Å²) in [5.74, 6) is -0.279. The molecule has 1 aromatic carbocycles. The van der Waals surface area contributed by atoms with Gasteiger partial charge in [0, 0.05) is 18.2 Å². The van der Waals surface area contributed by atoms with Gasteiger partial charge in [-0.25, -0.2) is 0 Å². The lowest BCUT2D eigenvalue weighted by atomic mass is 10.0. The van der Waals surface area contributed by atoms with Gasteiger partial charge in [-0.1, -0.05) is 32.0 Å². The van der Waals surface area contributed by atoms with Gasteiger partial charge in [-0.05, 0) is 5.92 Å². The van der Waals surface area contributed by atoms with Crippen molar-refractivity contribution in [1.82, 2.24) is 5.32 Å². The minimum absolute atomic E-state index is 0.00378. The van der Waals surface area contributed by atoms with E-state index in [1.807, 2.05) is 13.8 Å². The van der Waals surface area contributed by atoms with Crippen LogP contribution < -0.4 is 11.1 Å². The molecule has 98 valence electrons. The van der Waals surface area contributed by atoms with Crippen molar-refractivity contribution in [2.24, 2.45) is 11.7 Å². The Balaban J connectivity index is 2.70. The number of carbonyl (C=O) groups excluding carboxylic acids is 1. The molecule has 1 aromatic rings. The summed E-state index contributed by atoms with van der Waals surface area (Å²) in [5.41, 5.74) is 6.14. The highest BCUT2D eigenvalue weighted by molar-refractivity contribution is 5.81. The normalized spacial score (nSPS) is 12.2. The first-order valence-electron chi connectivity index (χ1n) is 5.69. The summed E-state index contributed by atoms with van der Waals surface area (Å²) in [6.45, 7) is 3.79. The fourth-order valence-corrected chi connectivity index (χ4v) is 1.44. The topological polar surface area (TPSA) is 98.3 Å². The average Bonchev–Trinajstić information content (AvgIpc) is 2.35. The van der Waals surface area contributed by atoms with E-state index in [-0.39, 0.29) is 24.1 Å². The third-order valence-electron chi connectivity index (χ3n) is 2.66. The van der Waals surface area contributed by atoms with Gasteiger partial charge < -0.3 is 11.1 Å². The summed E-state index contributed by atoms with van der Waals surface area (Å²) in [6, 6.07) is 5.69. The van der Waals surface area contributed by atoms with Crippen LogP contribution in [0.5, 0.6) is 0 Å². The zero-order valence-electron chi connectivity index (χ0n) is 10.4. The fourth-order valence-electron chi connectivity index (χ4n) is 1.44. The van der Waals surface area contributed by atoms with Crippen LogP contribution in [0.15, 0.2) is 24.3 Å². The molecule has 0 spiro atoms. The molecule has 1 amide bonds. The minimum Gasteiger partial charge on any atom is -0.350 e. The molecule has 0 aliphatic carbocycles. The number of rotatable bonds is 5. The number of nitro groups is 1. The molecule has 0 saturated carbocycles. The largest absolute Gasteiger partial charge is 0.350 e. The molecule has 6 heteroatoms. The van der Waals surface area contributed by atoms with Crippen LogP contribution in [0.1, 0.15) is 19.4 Å². The number of para-hydroxylation sites is 1. The molecule has 1 atom stereocenters. The van der Waals surface area contributed by atoms with Gasteiger partial charge in [-0.15, -0.1) is 0 Å². The van der Waals surface area contributed by atoms with E-state index >= 15 is 0 Å². The lowest BCUT2D eigenvalue weighted by molar-refractivity contribution is -0.385. The van der Waals surface area contributed by atoms with Gasteiger partial charge in [0.15, 0.2) is 0 Å². The van der Waals surface area contributed by atoms with Crippen LogP contribution in [-0.2, 0) is 11.3 Å². The first-order valence-corrected chi connectivity index (χ1v) is 5.69. The molecule has 0 aliphatic heterocycles. The van der Waals surface area contributed by atoms with Gasteiger partial charge in [-0.2, -0.15) is 0 Å². The molecular formula is C12H17N3O3. The van der Waals surface area contributed by atoms with E-state index in [1.165, 1.54) is 6.07 Å². The zero-order valence-corrected chi connectivity index (χ0v) is 10.4. The Kier molecular flexibility index (Phi) is 4.79. The predicted octanol–water partition coefficient (Wildman–Crippen LogP) is 1.19. The Morgan fingerprint density at radius 2 is 2.06 bits per heavy atom. The molecule has 0 saturated heterocycles. The Labute approximate surface area is 105 Å². The Hall–Kier alpha value is -1.95. The molecule has 0 fully saturated rings. The van der Waals surface area contributed by atoms with Gasteiger partial charge in [0.1, 0.15) is 0 Å². The maximum atomic E-state index is 11.6. The summed E-state index contributed by atoms with van der Waals surface area (Å²) in [4.78, 5) is 21.9. The zero-order chi connectivity index (χ0) is 13.7. The number of hydrogen-bond acceptors (Lipinski definition) is 4. The number of nitro benzene ring substituents is 1. The number of hydrogen-bond donors (Lipinski definition) is 2. The van der Waals surface area contributed by atoms with Crippen LogP contribution in [0.4, 0.5) is 5.69 Å². The van der Waals surface area contributed by atoms with E-state index in [0.29, 0.717) is 5.56 Å². The van der Waals surface area contributed by atoms with E-state index in [1.54, 1.807) is 18.2 Å². The number of nitrogens with two attached hydrogens (primary N) is 1. The second kappa shape index (κ2) is 6.11. The van der Waals surface area contributed by atoms with E-state index in [9.17, 15) is 14.9 Å². The van der Waals surface area contributed by atoms with Crippen molar-refractivity contribution < 1.29 is 9.72 Å². The maximum Gasteiger partial charge on any atom is 0.274 e. The summed E-state index contributed by atoms with van der Waals surface area (Å²) in [6.07, 6.45) is 0. The van der Waals surface area contributed by atoms with Crippen LogP contribution in [0.3, 0.4) is 0 Å². The lowest BCUT2D eigenvalue weighted by Gasteiger charge is -2.15. The maximum absolute atomic E-state index is 11.6. The quantitative estimate of drug-likeness (QED) is 0.606. The van der Waals surface area contributed by atoms with Crippen molar-refractivity contribution in [2.45, 2.75) is 26.4 Å². The van der Waals surface area contributed by atoms with Crippen molar-refractivity contribution in [3.8, 4) is 0 Å². The van der Waals surface area contributed by atoms with Crippen molar-refractivity contribution in [3.63, 3.8) is 0 Å². The molecule has 0 aliphatic rings. The van der Waals surface area contributed by atoms with Gasteiger partial charge in [0.2, 0.25) is 5.91 Å². The molecule has 1 unspecified atom stereocenters. The van der Waals surface area contributed by atoms with Crippen molar-refractivity contribution >= 4 is 11.6 Å². The standard InChI is InChI=1S/C12H17N3O3/c1-8(2)11(13)12(16)14-7-9-5-3-4-6-10(9)15(17)18/h3-6,8,11H,7,13H2,1-2H3,(H,14,16). The molecule has 0 heterocycles. The minimum atomic E-state index is -0.604. The molecule has 0 radical (unpaired) electrons. The molecule has 1 rings (SSSR count). The summed E-state index contributed by atoms with van der Waals surface area (Å²) in [5, 5.41) is 13.4. The molecule has 6 nitrogen and oxygen atoms in total. The Bertz CT molecular complexity index is 446. The highest BCUT2D eigenvalue weighted by Crippen LogP contribution is 2.17. The molecule has 3 N–H and O–H groups in total. The van der Waals surface area contributed by atoms with Gasteiger partial charge in [-0.3, -0.25) is 14.9 Å². The molecular weight excluding hydrogens is 234 g/mol. The number of nitrogens with one attached hydrogen (secondary N) is 1. The molecule has 0 bridgehead atoms. The monoisotopic (exact) mass is 251 g/mol. The first kappa shape index (κ1) is 14.1. The highest BCUT2D eigenvalue weighted by atomic mass is 16.6. The van der Waals surface area contributed by atoms with Crippen LogP contribution in [0.2, 0.25) is 0 Å². The van der Waals surface area contributed by atoms with Gasteiger partial charge in [0.05, 0.1) is 11.0 Å². The van der Waals surface area contributed by atoms with Crippen LogP contribution in [0.25, 0.3) is 0 Å². The predicted molar refractivity (Wildman–Crippen MR) is 67.8 cm³/mol. The van der Waals surface area contributed by atoms with Gasteiger partial charge >= 0.3 is 0 Å². The third kappa shape index (κ3) is 3.53. The van der Waals surface area contributed by atoms with E-state index in [4.69, 9.17) is 5.73 Å². The Morgan fingerprint density at radius 3 is 2.61 bits per heavy atom. The second-order valence-electron chi connectivity index (χ2n) is 4.37. The number of benzene rings is 1. The van der Waals surface area contributed by atoms with Gasteiger partial charge in [0.25, 0.3) is 5.69 Å². The number of amides is 1. The van der Waals surface area contributed by atoms with E-state index < -0.39 is 11.0 Å². The summed E-state index contributed by atoms with van der Waals surface area (Å²) >= 11 is 0. The smallest absolute Gasteiger partial charge is 0.274 e. The summed E-state index contributed by atoms with van der Waals surface area (Å²) in [7, 11) is 0. The SMILES string of the molecule is CC(C)C(N)C(=O)NCc1ccccc1[N+](=O)[O-]. The summed E-state index contributed by atoms with van der Waals surface area (Å²) < 4.78 is 0. The molecule has 0 aromatic heterocycles.